The molecule has 125 valence electrons. The van der Waals surface area contributed by atoms with Gasteiger partial charge in [0.15, 0.2) is 0 Å². The van der Waals surface area contributed by atoms with Gasteiger partial charge in [-0.15, -0.1) is 47.0 Å². The van der Waals surface area contributed by atoms with E-state index in [9.17, 15) is 0 Å². The molecule has 0 unspecified atom stereocenters. The summed E-state index contributed by atoms with van der Waals surface area (Å²) in [6.45, 7) is 18.1. The highest BCUT2D eigenvalue weighted by atomic mass is 32.2. The molecule has 1 aromatic carbocycles. The number of hydrogen-bond acceptors (Lipinski definition) is 4. The van der Waals surface area contributed by atoms with Gasteiger partial charge in [-0.1, -0.05) is 55.4 Å². The first-order chi connectivity index (χ1) is 10.2. The summed E-state index contributed by atoms with van der Waals surface area (Å²) in [4.78, 5) is 5.44. The summed E-state index contributed by atoms with van der Waals surface area (Å²) in [5, 5.41) is 2.37. The first-order valence-electron chi connectivity index (χ1n) is 7.96. The van der Waals surface area contributed by atoms with Crippen LogP contribution in [0.3, 0.4) is 0 Å². The van der Waals surface area contributed by atoms with Crippen LogP contribution >= 0.6 is 47.0 Å². The minimum Gasteiger partial charge on any atom is -0.122 e. The lowest BCUT2D eigenvalue weighted by Crippen LogP contribution is -1.97. The number of hydrogen-bond donors (Lipinski definition) is 0. The number of rotatable bonds is 8. The van der Waals surface area contributed by atoms with E-state index in [0.717, 1.165) is 0 Å². The molecule has 1 rings (SSSR count). The quantitative estimate of drug-likeness (QED) is 0.433. The molecular weight excluding hydrogens is 344 g/mol. The summed E-state index contributed by atoms with van der Waals surface area (Å²) < 4.78 is 0. The second-order valence-corrected chi connectivity index (χ2v) is 12.7. The molecule has 22 heavy (non-hydrogen) atoms. The molecule has 0 saturated heterocycles. The second-order valence-electron chi connectivity index (χ2n) is 6.32. The van der Waals surface area contributed by atoms with Gasteiger partial charge < -0.3 is 0 Å². The zero-order valence-electron chi connectivity index (χ0n) is 15.0. The van der Waals surface area contributed by atoms with Gasteiger partial charge in [0.05, 0.1) is 0 Å². The minimum absolute atomic E-state index is 0.586. The van der Waals surface area contributed by atoms with Crippen LogP contribution in [0.4, 0.5) is 0 Å². The van der Waals surface area contributed by atoms with Gasteiger partial charge in [-0.25, -0.2) is 0 Å². The summed E-state index contributed by atoms with van der Waals surface area (Å²) >= 11 is 7.80. The van der Waals surface area contributed by atoms with Gasteiger partial charge in [-0.3, -0.25) is 0 Å². The maximum absolute atomic E-state index is 3.74. The number of benzene rings is 1. The lowest BCUT2D eigenvalue weighted by atomic mass is 10.3. The normalized spacial score (nSPS) is 12.2. The predicted molar refractivity (Wildman–Crippen MR) is 109 cm³/mol. The van der Waals surface area contributed by atoms with Gasteiger partial charge in [-0.2, -0.15) is 0 Å². The molecule has 0 aliphatic rings. The van der Waals surface area contributed by atoms with Crippen molar-refractivity contribution in [1.29, 1.82) is 0 Å². The van der Waals surface area contributed by atoms with Crippen molar-refractivity contribution in [1.82, 2.24) is 0 Å². The molecule has 0 heterocycles. The van der Waals surface area contributed by atoms with Crippen molar-refractivity contribution in [3.05, 3.63) is 12.1 Å². The average Bonchev–Trinajstić information content (AvgIpc) is 2.31. The highest BCUT2D eigenvalue weighted by Gasteiger charge is 2.16. The van der Waals surface area contributed by atoms with Crippen molar-refractivity contribution in [3.8, 4) is 0 Å². The van der Waals surface area contributed by atoms with Crippen LogP contribution in [0.5, 0.6) is 0 Å². The van der Waals surface area contributed by atoms with E-state index in [1.54, 1.807) is 0 Å². The monoisotopic (exact) mass is 373 g/mol. The molecule has 0 N–H and O–H groups in total. The molecular formula is C18H29S4. The summed E-state index contributed by atoms with van der Waals surface area (Å²) in [5.41, 5.74) is 0. The molecule has 0 saturated carbocycles. The van der Waals surface area contributed by atoms with E-state index in [1.165, 1.54) is 19.6 Å². The Hall–Kier alpha value is 0.620. The zero-order valence-corrected chi connectivity index (χ0v) is 18.3. The topological polar surface area (TPSA) is 0 Å². The largest absolute Gasteiger partial charge is 0.122 e. The molecule has 1 aromatic rings. The second kappa shape index (κ2) is 9.80. The fourth-order valence-corrected chi connectivity index (χ4v) is 5.84. The standard InChI is InChI=1S/C18H29S4/c1-11(2)19-15-9-17(21-13(5)6)18(22-14(7)8)10-16(15)20-12(3)4/h9,11-14H,1-8H3. The molecule has 1 radical (unpaired) electrons. The Morgan fingerprint density at radius 3 is 1.18 bits per heavy atom. The van der Waals surface area contributed by atoms with Crippen molar-refractivity contribution < 1.29 is 0 Å². The van der Waals surface area contributed by atoms with Crippen LogP contribution < -0.4 is 0 Å². The summed E-state index contributed by atoms with van der Waals surface area (Å²) in [6.07, 6.45) is 0. The summed E-state index contributed by atoms with van der Waals surface area (Å²) in [7, 11) is 0. The molecule has 0 spiro atoms. The molecule has 0 bridgehead atoms. The van der Waals surface area contributed by atoms with Crippen molar-refractivity contribution in [2.24, 2.45) is 0 Å². The van der Waals surface area contributed by atoms with Crippen LogP contribution in [-0.4, -0.2) is 21.0 Å². The Labute approximate surface area is 154 Å². The van der Waals surface area contributed by atoms with Gasteiger partial charge in [0.2, 0.25) is 0 Å². The third-order valence-electron chi connectivity index (χ3n) is 2.37. The Bertz CT molecular complexity index is 382. The fourth-order valence-electron chi connectivity index (χ4n) is 1.81. The highest BCUT2D eigenvalue weighted by Crippen LogP contribution is 2.43. The van der Waals surface area contributed by atoms with E-state index in [1.807, 2.05) is 47.0 Å². The lowest BCUT2D eigenvalue weighted by Gasteiger charge is -2.19. The van der Waals surface area contributed by atoms with Gasteiger partial charge in [0, 0.05) is 46.6 Å². The van der Waals surface area contributed by atoms with E-state index in [2.05, 4.69) is 67.5 Å². The van der Waals surface area contributed by atoms with Gasteiger partial charge in [-0.05, 0) is 6.07 Å². The van der Waals surface area contributed by atoms with Gasteiger partial charge in [0.1, 0.15) is 0 Å². The maximum atomic E-state index is 3.74. The van der Waals surface area contributed by atoms with Crippen molar-refractivity contribution in [2.75, 3.05) is 0 Å². The van der Waals surface area contributed by atoms with Crippen LogP contribution in [0.2, 0.25) is 0 Å². The van der Waals surface area contributed by atoms with Crippen LogP contribution in [-0.2, 0) is 0 Å². The van der Waals surface area contributed by atoms with E-state index in [-0.39, 0.29) is 0 Å². The van der Waals surface area contributed by atoms with Crippen molar-refractivity contribution in [3.63, 3.8) is 0 Å². The fraction of sp³-hybridized carbons (Fsp3) is 0.667. The first kappa shape index (κ1) is 20.7. The Morgan fingerprint density at radius 2 is 0.909 bits per heavy atom. The Morgan fingerprint density at radius 1 is 0.591 bits per heavy atom. The third kappa shape index (κ3) is 7.46. The Kier molecular flexibility index (Phi) is 9.21. The van der Waals surface area contributed by atoms with E-state index in [4.69, 9.17) is 0 Å². The maximum Gasteiger partial charge on any atom is 0.0302 e. The molecule has 0 amide bonds. The van der Waals surface area contributed by atoms with Crippen LogP contribution in [0.1, 0.15) is 55.4 Å². The highest BCUT2D eigenvalue weighted by molar-refractivity contribution is 8.04. The van der Waals surface area contributed by atoms with Gasteiger partial charge >= 0.3 is 0 Å². The van der Waals surface area contributed by atoms with Gasteiger partial charge in [0.25, 0.3) is 0 Å². The third-order valence-corrected chi connectivity index (χ3v) is 6.78. The molecule has 0 atom stereocenters. The molecule has 4 heteroatoms. The van der Waals surface area contributed by atoms with E-state index >= 15 is 0 Å². The smallest absolute Gasteiger partial charge is 0.0302 e. The summed E-state index contributed by atoms with van der Waals surface area (Å²) in [5.74, 6) is 0. The van der Waals surface area contributed by atoms with Crippen LogP contribution in [0.15, 0.2) is 25.6 Å². The molecule has 0 nitrogen and oxygen atoms in total. The predicted octanol–water partition coefficient (Wildman–Crippen LogP) is 7.49. The van der Waals surface area contributed by atoms with E-state index in [0.29, 0.717) is 21.0 Å². The Balaban J connectivity index is 3.27. The van der Waals surface area contributed by atoms with Crippen molar-refractivity contribution in [2.45, 2.75) is 96.0 Å². The lowest BCUT2D eigenvalue weighted by molar-refractivity contribution is 1.02. The first-order valence-corrected chi connectivity index (χ1v) is 11.5. The number of thioether (sulfide) groups is 4. The molecule has 0 aliphatic carbocycles. The average molecular weight is 374 g/mol. The van der Waals surface area contributed by atoms with E-state index < -0.39 is 0 Å². The molecule has 0 aromatic heterocycles. The zero-order chi connectivity index (χ0) is 16.9. The minimum atomic E-state index is 0.586. The van der Waals surface area contributed by atoms with Crippen LogP contribution in [0, 0.1) is 6.07 Å². The molecule has 0 aliphatic heterocycles. The SMILES string of the molecule is CC(C)Sc1[c]c(SC(C)C)c(SC(C)C)cc1SC(C)C. The molecule has 0 fully saturated rings. The van der Waals surface area contributed by atoms with Crippen LogP contribution in [0.25, 0.3) is 0 Å². The van der Waals surface area contributed by atoms with Crippen molar-refractivity contribution >= 4 is 47.0 Å². The summed E-state index contributed by atoms with van der Waals surface area (Å²) in [6, 6.07) is 6.14.